The first-order valence-corrected chi connectivity index (χ1v) is 9.64. The Morgan fingerprint density at radius 1 is 1.21 bits per heavy atom. The average molecular weight is 400 g/mol. The number of hydrogen-bond donors (Lipinski definition) is 2. The lowest BCUT2D eigenvalue weighted by Crippen LogP contribution is -2.45. The van der Waals surface area contributed by atoms with Gasteiger partial charge in [-0.1, -0.05) is 17.7 Å². The van der Waals surface area contributed by atoms with Crippen molar-refractivity contribution in [1.82, 2.24) is 29.9 Å². The third-order valence-electron chi connectivity index (χ3n) is 4.81. The van der Waals surface area contributed by atoms with E-state index in [0.717, 1.165) is 37.5 Å². The Morgan fingerprint density at radius 2 is 2.07 bits per heavy atom. The third-order valence-corrected chi connectivity index (χ3v) is 5.12. The predicted molar refractivity (Wildman–Crippen MR) is 107 cm³/mol. The van der Waals surface area contributed by atoms with Crippen molar-refractivity contribution in [3.63, 3.8) is 0 Å². The van der Waals surface area contributed by atoms with Gasteiger partial charge in [-0.15, -0.1) is 10.2 Å². The Hall–Kier alpha value is -2.87. The summed E-state index contributed by atoms with van der Waals surface area (Å²) in [5.41, 5.74) is 0.492. The lowest BCUT2D eigenvalue weighted by atomic mass is 10.0. The number of benzene rings is 1. The van der Waals surface area contributed by atoms with E-state index in [1.807, 2.05) is 13.8 Å². The minimum Gasteiger partial charge on any atom is -0.326 e. The second-order valence-corrected chi connectivity index (χ2v) is 7.75. The lowest BCUT2D eigenvalue weighted by Gasteiger charge is -2.27. The van der Waals surface area contributed by atoms with Crippen molar-refractivity contribution in [2.24, 2.45) is 0 Å². The Kier molecular flexibility index (Phi) is 4.80. The molecule has 146 valence electrons. The minimum absolute atomic E-state index is 0.353. The van der Waals surface area contributed by atoms with Gasteiger partial charge in [-0.05, 0) is 44.9 Å². The molecule has 0 fully saturated rings. The molecule has 2 N–H and O–H groups in total. The first-order chi connectivity index (χ1) is 13.5. The van der Waals surface area contributed by atoms with Crippen molar-refractivity contribution in [3.8, 4) is 5.69 Å². The Morgan fingerprint density at radius 3 is 2.86 bits per heavy atom. The molecule has 0 saturated heterocycles. The molecule has 3 aromatic rings. The number of aromatic nitrogens is 5. The summed E-state index contributed by atoms with van der Waals surface area (Å²) in [4.78, 5) is 12.8. The number of aryl methyl sites for hydroxylation is 1. The van der Waals surface area contributed by atoms with Crippen LogP contribution in [0.1, 0.15) is 38.3 Å². The highest BCUT2D eigenvalue weighted by Gasteiger charge is 2.31. The van der Waals surface area contributed by atoms with E-state index in [2.05, 4.69) is 30.5 Å². The molecule has 0 saturated carbocycles. The van der Waals surface area contributed by atoms with Gasteiger partial charge < -0.3 is 15.2 Å². The Balaban J connectivity index is 1.55. The highest BCUT2D eigenvalue weighted by Crippen LogP contribution is 2.28. The van der Waals surface area contributed by atoms with Crippen molar-refractivity contribution >= 4 is 23.3 Å². The largest absolute Gasteiger partial charge is 0.326 e. The van der Waals surface area contributed by atoms with Crippen LogP contribution in [0.3, 0.4) is 0 Å². The van der Waals surface area contributed by atoms with Gasteiger partial charge in [0, 0.05) is 25.4 Å². The van der Waals surface area contributed by atoms with E-state index >= 15 is 0 Å². The second kappa shape index (κ2) is 7.27. The fraction of sp³-hybridized carbons (Fsp3) is 0.368. The fourth-order valence-electron chi connectivity index (χ4n) is 3.51. The monoisotopic (exact) mass is 399 g/mol. The van der Waals surface area contributed by atoms with E-state index in [0.29, 0.717) is 16.4 Å². The van der Waals surface area contributed by atoms with Gasteiger partial charge >= 0.3 is 6.03 Å². The topological polar surface area (TPSA) is 89.7 Å². The van der Waals surface area contributed by atoms with Gasteiger partial charge in [0.05, 0.1) is 16.2 Å². The summed E-state index contributed by atoms with van der Waals surface area (Å²) >= 11 is 6.34. The number of fused-ring (bicyclic) bond motifs is 1. The van der Waals surface area contributed by atoms with Gasteiger partial charge in [-0.25, -0.2) is 9.48 Å². The van der Waals surface area contributed by atoms with Gasteiger partial charge in [0.1, 0.15) is 11.5 Å². The van der Waals surface area contributed by atoms with Crippen molar-refractivity contribution < 1.29 is 4.79 Å². The van der Waals surface area contributed by atoms with Crippen LogP contribution in [-0.2, 0) is 18.5 Å². The number of amides is 2. The Labute approximate surface area is 167 Å². The van der Waals surface area contributed by atoms with Crippen LogP contribution in [0.25, 0.3) is 5.69 Å². The summed E-state index contributed by atoms with van der Waals surface area (Å²) in [5, 5.41) is 19.2. The van der Waals surface area contributed by atoms with E-state index < -0.39 is 5.54 Å². The summed E-state index contributed by atoms with van der Waals surface area (Å²) < 4.78 is 3.73. The van der Waals surface area contributed by atoms with Crippen LogP contribution in [-0.4, -0.2) is 30.6 Å². The van der Waals surface area contributed by atoms with Crippen LogP contribution in [0.5, 0.6) is 0 Å². The van der Waals surface area contributed by atoms with Gasteiger partial charge in [0.15, 0.2) is 5.82 Å². The maximum absolute atomic E-state index is 12.8. The number of carbonyl (C=O) groups is 1. The maximum Gasteiger partial charge on any atom is 0.320 e. The minimum atomic E-state index is -0.683. The van der Waals surface area contributed by atoms with Crippen molar-refractivity contribution in [1.29, 1.82) is 0 Å². The molecular weight excluding hydrogens is 378 g/mol. The molecule has 9 heteroatoms. The SMILES string of the molecule is CC(C)(NC(=O)Nc1cccc(Cl)c1-n1cccn1)c1nnc2n1CCCC2. The smallest absolute Gasteiger partial charge is 0.320 e. The quantitative estimate of drug-likeness (QED) is 0.702. The van der Waals surface area contributed by atoms with Gasteiger partial charge in [0.25, 0.3) is 0 Å². The molecule has 3 heterocycles. The second-order valence-electron chi connectivity index (χ2n) is 7.34. The van der Waals surface area contributed by atoms with Gasteiger partial charge in [0.2, 0.25) is 0 Å². The number of anilines is 1. The molecule has 8 nitrogen and oxygen atoms in total. The van der Waals surface area contributed by atoms with Crippen LogP contribution in [0, 0.1) is 0 Å². The van der Waals surface area contributed by atoms with E-state index in [9.17, 15) is 4.79 Å². The zero-order valence-electron chi connectivity index (χ0n) is 15.8. The lowest BCUT2D eigenvalue weighted by molar-refractivity contribution is 0.239. The van der Waals surface area contributed by atoms with Crippen LogP contribution in [0.4, 0.5) is 10.5 Å². The molecule has 4 rings (SSSR count). The molecule has 0 unspecified atom stereocenters. The van der Waals surface area contributed by atoms with Crippen molar-refractivity contribution in [2.75, 3.05) is 5.32 Å². The number of carbonyl (C=O) groups excluding carboxylic acids is 1. The van der Waals surface area contributed by atoms with E-state index in [-0.39, 0.29) is 6.03 Å². The van der Waals surface area contributed by atoms with Gasteiger partial charge in [-0.3, -0.25) is 0 Å². The number of nitrogens with one attached hydrogen (secondary N) is 2. The molecule has 0 aliphatic carbocycles. The first-order valence-electron chi connectivity index (χ1n) is 9.26. The summed E-state index contributed by atoms with van der Waals surface area (Å²) in [6.45, 7) is 4.72. The summed E-state index contributed by atoms with van der Waals surface area (Å²) in [6, 6.07) is 6.77. The normalized spacial score (nSPS) is 13.8. The Bertz CT molecular complexity index is 994. The molecule has 2 aromatic heterocycles. The molecule has 2 amide bonds. The number of hydrogen-bond acceptors (Lipinski definition) is 4. The molecule has 0 atom stereocenters. The highest BCUT2D eigenvalue weighted by atomic mass is 35.5. The van der Waals surface area contributed by atoms with Crippen LogP contribution in [0.2, 0.25) is 5.02 Å². The van der Waals surface area contributed by atoms with Gasteiger partial charge in [-0.2, -0.15) is 5.10 Å². The molecule has 1 aliphatic rings. The number of halogens is 1. The number of rotatable bonds is 4. The van der Waals surface area contributed by atoms with Crippen LogP contribution >= 0.6 is 11.6 Å². The number of para-hydroxylation sites is 1. The fourth-order valence-corrected chi connectivity index (χ4v) is 3.78. The molecule has 0 spiro atoms. The summed E-state index contributed by atoms with van der Waals surface area (Å²) in [5.74, 6) is 1.74. The molecular formula is C19H22ClN7O. The summed E-state index contributed by atoms with van der Waals surface area (Å²) in [7, 11) is 0. The van der Waals surface area contributed by atoms with E-state index in [4.69, 9.17) is 11.6 Å². The highest BCUT2D eigenvalue weighted by molar-refractivity contribution is 6.33. The zero-order valence-corrected chi connectivity index (χ0v) is 16.6. The molecule has 0 bridgehead atoms. The third kappa shape index (κ3) is 3.47. The molecule has 1 aliphatic heterocycles. The molecule has 28 heavy (non-hydrogen) atoms. The van der Waals surface area contributed by atoms with Crippen molar-refractivity contribution in [3.05, 3.63) is 53.3 Å². The summed E-state index contributed by atoms with van der Waals surface area (Å²) in [6.07, 6.45) is 6.57. The molecule has 0 radical (unpaired) electrons. The number of urea groups is 1. The average Bonchev–Trinajstić information content (AvgIpc) is 3.31. The van der Waals surface area contributed by atoms with E-state index in [1.165, 1.54) is 0 Å². The van der Waals surface area contributed by atoms with Crippen molar-refractivity contribution in [2.45, 2.75) is 45.2 Å². The molecule has 1 aromatic carbocycles. The first kappa shape index (κ1) is 18.5. The predicted octanol–water partition coefficient (Wildman–Crippen LogP) is 3.51. The van der Waals surface area contributed by atoms with Crippen LogP contribution in [0.15, 0.2) is 36.7 Å². The standard InChI is InChI=1S/C19H22ClN7O/c1-19(2,17-25-24-15-9-3-4-11-26(15)17)23-18(28)22-14-8-5-7-13(20)16(14)27-12-6-10-21-27/h5-8,10,12H,3-4,9,11H2,1-2H3,(H2,22,23,28). The zero-order chi connectivity index (χ0) is 19.7. The van der Waals surface area contributed by atoms with E-state index in [1.54, 1.807) is 41.3 Å². The van der Waals surface area contributed by atoms with Crippen LogP contribution < -0.4 is 10.6 Å². The maximum atomic E-state index is 12.8. The number of nitrogens with zero attached hydrogens (tertiary/aromatic N) is 5.